The van der Waals surface area contributed by atoms with Crippen LogP contribution < -0.4 is 5.46 Å². The second-order valence-corrected chi connectivity index (χ2v) is 7.70. The predicted molar refractivity (Wildman–Crippen MR) is 125 cm³/mol. The van der Waals surface area contributed by atoms with Crippen LogP contribution in [0.2, 0.25) is 5.28 Å². The maximum atomic E-state index is 6.13. The van der Waals surface area contributed by atoms with Crippen LogP contribution in [0.25, 0.3) is 11.0 Å². The van der Waals surface area contributed by atoms with Crippen molar-refractivity contribution in [1.82, 2.24) is 14.5 Å². The Labute approximate surface area is 181 Å². The van der Waals surface area contributed by atoms with E-state index in [0.29, 0.717) is 0 Å². The molecule has 5 heteroatoms. The van der Waals surface area contributed by atoms with Gasteiger partial charge in [0.25, 0.3) is 0 Å². The van der Waals surface area contributed by atoms with Crippen LogP contribution in [0.4, 0.5) is 0 Å². The summed E-state index contributed by atoms with van der Waals surface area (Å²) >= 11 is 6.13. The Bertz CT molecular complexity index is 1210. The zero-order valence-corrected chi connectivity index (χ0v) is 17.3. The average molecular weight is 408 g/mol. The fourth-order valence-corrected chi connectivity index (χ4v) is 4.51. The van der Waals surface area contributed by atoms with Gasteiger partial charge in [-0.25, -0.2) is 9.97 Å². The summed E-state index contributed by atoms with van der Waals surface area (Å²) in [6.07, 6.45) is 3.98. The summed E-state index contributed by atoms with van der Waals surface area (Å²) < 4.78 is 2.29. The Kier molecular flexibility index (Phi) is 4.64. The Morgan fingerprint density at radius 2 is 1.20 bits per heavy atom. The van der Waals surface area contributed by atoms with Crippen LogP contribution in [0.5, 0.6) is 0 Å². The highest BCUT2D eigenvalue weighted by Crippen LogP contribution is 2.42. The summed E-state index contributed by atoms with van der Waals surface area (Å²) in [5, 5.41) is 0.257. The molecule has 2 heterocycles. The molecule has 3 aromatic carbocycles. The molecule has 5 aromatic rings. The minimum absolute atomic E-state index is 0.257. The highest BCUT2D eigenvalue weighted by molar-refractivity contribution is 6.38. The molecule has 0 aliphatic heterocycles. The summed E-state index contributed by atoms with van der Waals surface area (Å²) in [6, 6.07) is 31.7. The molecule has 0 atom stereocenters. The fourth-order valence-electron chi connectivity index (χ4n) is 4.38. The third-order valence-corrected chi connectivity index (χ3v) is 5.81. The Balaban J connectivity index is 1.98. The zero-order chi connectivity index (χ0) is 20.6. The topological polar surface area (TPSA) is 30.7 Å². The van der Waals surface area contributed by atoms with E-state index in [1.807, 2.05) is 24.4 Å². The highest BCUT2D eigenvalue weighted by Gasteiger charge is 2.39. The standard InChI is InChI=1S/C25H19BClN3/c26-21-17-30(22-16-28-24(27)29-23(21)22)25(18-10-4-1-5-11-18,19-12-6-2-7-13-19)20-14-8-3-9-15-20/h1-17H,26H2. The Hall–Kier alpha value is -3.37. The molecule has 0 unspecified atom stereocenters. The average Bonchev–Trinajstić information content (AvgIpc) is 3.12. The first-order valence-electron chi connectivity index (χ1n) is 9.88. The van der Waals surface area contributed by atoms with Crippen LogP contribution in [0, 0.1) is 0 Å². The first kappa shape index (κ1) is 18.7. The summed E-state index contributed by atoms with van der Waals surface area (Å²) in [4.78, 5) is 8.83. The number of rotatable bonds is 4. The molecule has 3 nitrogen and oxygen atoms in total. The Morgan fingerprint density at radius 1 is 0.733 bits per heavy atom. The van der Waals surface area contributed by atoms with Crippen LogP contribution >= 0.6 is 11.6 Å². The van der Waals surface area contributed by atoms with Gasteiger partial charge in [0.05, 0.1) is 17.2 Å². The van der Waals surface area contributed by atoms with Crippen LogP contribution in [-0.4, -0.2) is 22.4 Å². The van der Waals surface area contributed by atoms with E-state index in [-0.39, 0.29) is 5.28 Å². The smallest absolute Gasteiger partial charge is 0.222 e. The SMILES string of the molecule is Bc1cn(C(c2ccccc2)(c2ccccc2)c2ccccc2)c2cnc(Cl)nc12. The van der Waals surface area contributed by atoms with Crippen molar-refractivity contribution in [3.05, 3.63) is 125 Å². The quantitative estimate of drug-likeness (QED) is 0.254. The van der Waals surface area contributed by atoms with E-state index in [4.69, 9.17) is 11.6 Å². The number of fused-ring (bicyclic) bond motifs is 1. The number of nitrogens with zero attached hydrogens (tertiary/aromatic N) is 3. The molecular weight excluding hydrogens is 389 g/mol. The maximum Gasteiger partial charge on any atom is 0.222 e. The van der Waals surface area contributed by atoms with Gasteiger partial charge in [0.2, 0.25) is 5.28 Å². The van der Waals surface area contributed by atoms with Gasteiger partial charge in [0.15, 0.2) is 0 Å². The van der Waals surface area contributed by atoms with Crippen molar-refractivity contribution in [3.8, 4) is 0 Å². The highest BCUT2D eigenvalue weighted by atomic mass is 35.5. The van der Waals surface area contributed by atoms with Gasteiger partial charge in [-0.3, -0.25) is 0 Å². The molecule has 2 aromatic heterocycles. The first-order chi connectivity index (χ1) is 14.7. The van der Waals surface area contributed by atoms with Gasteiger partial charge in [-0.1, -0.05) is 91.0 Å². The summed E-state index contributed by atoms with van der Waals surface area (Å²) in [5.74, 6) is 0. The van der Waals surface area contributed by atoms with Crippen molar-refractivity contribution in [2.45, 2.75) is 5.54 Å². The lowest BCUT2D eigenvalue weighted by atomic mass is 9.76. The Morgan fingerprint density at radius 3 is 1.67 bits per heavy atom. The van der Waals surface area contributed by atoms with Crippen LogP contribution in [0.3, 0.4) is 0 Å². The van der Waals surface area contributed by atoms with Crippen molar-refractivity contribution in [2.24, 2.45) is 0 Å². The molecule has 5 rings (SSSR count). The minimum atomic E-state index is -0.590. The monoisotopic (exact) mass is 407 g/mol. The van der Waals surface area contributed by atoms with Crippen LogP contribution in [0.15, 0.2) is 103 Å². The second kappa shape index (κ2) is 7.47. The predicted octanol–water partition coefficient (Wildman–Crippen LogP) is 4.18. The fraction of sp³-hybridized carbons (Fsp3) is 0.0400. The van der Waals surface area contributed by atoms with Gasteiger partial charge in [-0.05, 0) is 33.8 Å². The molecular formula is C25H19BClN3. The van der Waals surface area contributed by atoms with Gasteiger partial charge in [-0.15, -0.1) is 0 Å². The van der Waals surface area contributed by atoms with Gasteiger partial charge in [0.1, 0.15) is 13.4 Å². The van der Waals surface area contributed by atoms with Crippen molar-refractivity contribution in [3.63, 3.8) is 0 Å². The molecule has 0 saturated heterocycles. The van der Waals surface area contributed by atoms with E-state index >= 15 is 0 Å². The van der Waals surface area contributed by atoms with Crippen molar-refractivity contribution in [1.29, 1.82) is 0 Å². The lowest BCUT2D eigenvalue weighted by Crippen LogP contribution is -2.37. The number of hydrogen-bond acceptors (Lipinski definition) is 2. The van der Waals surface area contributed by atoms with E-state index in [1.165, 1.54) is 0 Å². The van der Waals surface area contributed by atoms with E-state index in [0.717, 1.165) is 33.2 Å². The molecule has 0 aliphatic rings. The van der Waals surface area contributed by atoms with E-state index in [2.05, 4.69) is 101 Å². The molecule has 0 fully saturated rings. The van der Waals surface area contributed by atoms with E-state index < -0.39 is 5.54 Å². The summed E-state index contributed by atoms with van der Waals surface area (Å²) in [6.45, 7) is 0. The molecule has 0 amide bonds. The minimum Gasteiger partial charge on any atom is -0.327 e. The van der Waals surface area contributed by atoms with Crippen molar-refractivity contribution >= 4 is 35.9 Å². The molecule has 0 radical (unpaired) electrons. The maximum absolute atomic E-state index is 6.13. The van der Waals surface area contributed by atoms with E-state index in [1.54, 1.807) is 0 Å². The number of aromatic nitrogens is 3. The third-order valence-electron chi connectivity index (χ3n) is 5.63. The number of hydrogen-bond donors (Lipinski definition) is 0. The molecule has 30 heavy (non-hydrogen) atoms. The summed E-state index contributed by atoms with van der Waals surface area (Å²) in [5.41, 5.74) is 5.75. The van der Waals surface area contributed by atoms with Crippen LogP contribution in [-0.2, 0) is 5.54 Å². The van der Waals surface area contributed by atoms with E-state index in [9.17, 15) is 0 Å². The lowest BCUT2D eigenvalue weighted by Gasteiger charge is -2.38. The molecule has 0 spiro atoms. The third kappa shape index (κ3) is 2.84. The van der Waals surface area contributed by atoms with Gasteiger partial charge in [0, 0.05) is 6.20 Å². The lowest BCUT2D eigenvalue weighted by molar-refractivity contribution is 0.534. The van der Waals surface area contributed by atoms with Gasteiger partial charge < -0.3 is 4.57 Å². The normalized spacial score (nSPS) is 11.6. The zero-order valence-electron chi connectivity index (χ0n) is 16.5. The molecule has 0 bridgehead atoms. The van der Waals surface area contributed by atoms with Gasteiger partial charge >= 0.3 is 0 Å². The molecule has 0 N–H and O–H groups in total. The number of halogens is 1. The molecule has 0 aliphatic carbocycles. The van der Waals surface area contributed by atoms with Crippen LogP contribution in [0.1, 0.15) is 16.7 Å². The largest absolute Gasteiger partial charge is 0.327 e. The van der Waals surface area contributed by atoms with Gasteiger partial charge in [-0.2, -0.15) is 0 Å². The van der Waals surface area contributed by atoms with Crippen molar-refractivity contribution < 1.29 is 0 Å². The molecule has 144 valence electrons. The second-order valence-electron chi connectivity index (χ2n) is 7.36. The molecule has 0 saturated carbocycles. The number of benzene rings is 3. The first-order valence-corrected chi connectivity index (χ1v) is 10.3. The van der Waals surface area contributed by atoms with Crippen molar-refractivity contribution in [2.75, 3.05) is 0 Å². The summed E-state index contributed by atoms with van der Waals surface area (Å²) in [7, 11) is 2.06.